The number of esters is 1. The molecule has 0 fully saturated rings. The maximum atomic E-state index is 13.8. The summed E-state index contributed by atoms with van der Waals surface area (Å²) < 4.78 is 56.3. The highest BCUT2D eigenvalue weighted by Crippen LogP contribution is 2.35. The molecule has 0 unspecified atom stereocenters. The van der Waals surface area contributed by atoms with E-state index >= 15 is 0 Å². The molecule has 0 spiro atoms. The Balaban J connectivity index is 3.39. The highest BCUT2D eigenvalue weighted by Gasteiger charge is 2.21. The first-order chi connectivity index (χ1) is 11.1. The number of hydrogen-bond acceptors (Lipinski definition) is 5. The van der Waals surface area contributed by atoms with Gasteiger partial charge in [-0.1, -0.05) is 0 Å². The summed E-state index contributed by atoms with van der Waals surface area (Å²) in [6.45, 7) is 4.40. The Bertz CT molecular complexity index is 740. The van der Waals surface area contributed by atoms with Gasteiger partial charge in [-0.15, -0.1) is 0 Å². The van der Waals surface area contributed by atoms with Gasteiger partial charge < -0.3 is 14.4 Å². The zero-order valence-corrected chi connectivity index (χ0v) is 14.2. The molecule has 0 saturated heterocycles. The first-order valence-corrected chi connectivity index (χ1v) is 9.64. The number of carbonyl (C=O) groups excluding carboxylic acids is 1. The van der Waals surface area contributed by atoms with Crippen LogP contribution in [-0.2, 0) is 14.1 Å². The third-order valence-electron chi connectivity index (χ3n) is 2.66. The molecule has 0 heterocycles. The van der Waals surface area contributed by atoms with Crippen molar-refractivity contribution in [1.82, 2.24) is 0 Å². The molecule has 0 aromatic heterocycles. The monoisotopic (exact) mass is 363 g/mol. The van der Waals surface area contributed by atoms with Gasteiger partial charge in [0.2, 0.25) is 0 Å². The maximum absolute atomic E-state index is 13.8. The van der Waals surface area contributed by atoms with Crippen molar-refractivity contribution < 1.29 is 32.4 Å². The molecule has 1 aromatic carbocycles. The molecule has 1 N–H and O–H groups in total. The van der Waals surface area contributed by atoms with Crippen LogP contribution < -0.4 is 0 Å². The summed E-state index contributed by atoms with van der Waals surface area (Å²) in [6.07, 6.45) is 0.747. The first-order valence-electron chi connectivity index (χ1n) is 6.86. The fourth-order valence-electron chi connectivity index (χ4n) is 1.60. The van der Waals surface area contributed by atoms with Gasteiger partial charge in [-0.25, -0.2) is 18.0 Å². The van der Waals surface area contributed by atoms with Crippen LogP contribution in [0.5, 0.6) is 0 Å². The molecule has 0 atom stereocenters. The number of halogens is 3. The predicted molar refractivity (Wildman–Crippen MR) is 85.3 cm³/mol. The maximum Gasteiger partial charge on any atom is 0.343 e. The lowest BCUT2D eigenvalue weighted by molar-refractivity contribution is -0.137. The van der Waals surface area contributed by atoms with Crippen molar-refractivity contribution in [2.24, 2.45) is 4.99 Å². The minimum Gasteiger partial charge on any atom is -0.506 e. The molecule has 132 valence electrons. The van der Waals surface area contributed by atoms with Crippen molar-refractivity contribution in [1.29, 1.82) is 0 Å². The van der Waals surface area contributed by atoms with Crippen LogP contribution in [-0.4, -0.2) is 43.5 Å². The van der Waals surface area contributed by atoms with E-state index in [1.807, 2.05) is 0 Å². The second-order valence-electron chi connectivity index (χ2n) is 5.26. The number of aliphatic imine (C=N–C) groups is 1. The van der Waals surface area contributed by atoms with Gasteiger partial charge in [-0.3, -0.25) is 4.99 Å². The largest absolute Gasteiger partial charge is 0.506 e. The van der Waals surface area contributed by atoms with E-state index in [2.05, 4.69) is 4.99 Å². The van der Waals surface area contributed by atoms with E-state index in [4.69, 9.17) is 4.74 Å². The van der Waals surface area contributed by atoms with E-state index in [0.717, 1.165) is 6.21 Å². The number of hydrogen-bond donors (Lipinski definition) is 1. The van der Waals surface area contributed by atoms with Crippen LogP contribution in [0.3, 0.4) is 0 Å². The summed E-state index contributed by atoms with van der Waals surface area (Å²) in [7, 11) is -2.53. The fraction of sp³-hybridized carbons (Fsp3) is 0.333. The number of ether oxygens (including phenoxy) is 1. The van der Waals surface area contributed by atoms with E-state index < -0.39 is 47.5 Å². The quantitative estimate of drug-likeness (QED) is 0.209. The van der Waals surface area contributed by atoms with Crippen LogP contribution >= 0.6 is 7.14 Å². The van der Waals surface area contributed by atoms with Crippen LogP contribution in [0, 0.1) is 17.5 Å². The van der Waals surface area contributed by atoms with E-state index in [1.54, 1.807) is 0 Å². The lowest BCUT2D eigenvalue weighted by Crippen LogP contribution is -2.12. The number of aliphatic hydroxyl groups is 1. The molecular formula is C15H17F3NO4P. The Morgan fingerprint density at radius 1 is 1.25 bits per heavy atom. The molecule has 1 rings (SSSR count). The fourth-order valence-corrected chi connectivity index (χ4v) is 2.07. The molecule has 9 heteroatoms. The molecular weight excluding hydrogens is 346 g/mol. The Hall–Kier alpha value is -2.08. The summed E-state index contributed by atoms with van der Waals surface area (Å²) in [4.78, 5) is 15.7. The van der Waals surface area contributed by atoms with Gasteiger partial charge in [0.25, 0.3) is 0 Å². The smallest absolute Gasteiger partial charge is 0.343 e. The van der Waals surface area contributed by atoms with Gasteiger partial charge in [0.1, 0.15) is 24.3 Å². The van der Waals surface area contributed by atoms with Gasteiger partial charge in [0.05, 0.1) is 18.5 Å². The van der Waals surface area contributed by atoms with Crippen molar-refractivity contribution in [2.75, 3.05) is 26.2 Å². The average Bonchev–Trinajstić information content (AvgIpc) is 2.46. The van der Waals surface area contributed by atoms with Crippen LogP contribution in [0.1, 0.15) is 12.5 Å². The number of rotatable bonds is 6. The van der Waals surface area contributed by atoms with Gasteiger partial charge in [0.15, 0.2) is 11.6 Å². The summed E-state index contributed by atoms with van der Waals surface area (Å²) in [5.74, 6) is -6.10. The zero-order chi connectivity index (χ0) is 18.5. The average molecular weight is 363 g/mol. The number of benzene rings is 1. The van der Waals surface area contributed by atoms with Gasteiger partial charge in [-0.05, 0) is 26.3 Å². The number of carbonyl (C=O) groups is 1. The highest BCUT2D eigenvalue weighted by atomic mass is 31.2. The van der Waals surface area contributed by atoms with Crippen LogP contribution in [0.2, 0.25) is 0 Å². The minimum absolute atomic E-state index is 0.0379. The van der Waals surface area contributed by atoms with E-state index in [-0.39, 0.29) is 19.0 Å². The van der Waals surface area contributed by atoms with Gasteiger partial charge in [-0.2, -0.15) is 0 Å². The molecule has 5 nitrogen and oxygen atoms in total. The standard InChI is InChI=1S/C15H17F3NO4P/c1-4-23-15(21)10(7-19-8-24(2,3)22)14(20)9-5-12(17)13(18)6-11(9)16/h5-7,20H,4,8H2,1-3H3. The Morgan fingerprint density at radius 3 is 2.38 bits per heavy atom. The molecule has 0 amide bonds. The Kier molecular flexibility index (Phi) is 6.78. The van der Waals surface area contributed by atoms with Gasteiger partial charge >= 0.3 is 5.97 Å². The van der Waals surface area contributed by atoms with E-state index in [0.29, 0.717) is 6.07 Å². The molecule has 24 heavy (non-hydrogen) atoms. The van der Waals surface area contributed by atoms with Crippen LogP contribution in [0.4, 0.5) is 13.2 Å². The number of nitrogens with zero attached hydrogens (tertiary/aromatic N) is 1. The second-order valence-corrected chi connectivity index (χ2v) is 8.69. The van der Waals surface area contributed by atoms with Crippen molar-refractivity contribution in [3.8, 4) is 0 Å². The summed E-state index contributed by atoms with van der Waals surface area (Å²) in [5.41, 5.74) is -1.28. The Morgan fingerprint density at radius 2 is 1.83 bits per heavy atom. The van der Waals surface area contributed by atoms with Crippen molar-refractivity contribution in [3.63, 3.8) is 0 Å². The second kappa shape index (κ2) is 8.15. The first kappa shape index (κ1) is 20.0. The molecule has 0 bridgehead atoms. The number of aliphatic hydroxyl groups excluding tert-OH is 1. The van der Waals surface area contributed by atoms with Crippen LogP contribution in [0.15, 0.2) is 22.7 Å². The SMILES string of the molecule is CCOC(=O)C(C=NCP(C)(C)=O)=C(O)c1cc(F)c(F)cc1F. The minimum atomic E-state index is -2.53. The predicted octanol–water partition coefficient (Wildman–Crippen LogP) is 3.59. The van der Waals surface area contributed by atoms with Crippen molar-refractivity contribution in [2.45, 2.75) is 6.92 Å². The zero-order valence-electron chi connectivity index (χ0n) is 13.3. The topological polar surface area (TPSA) is 76.0 Å². The lowest BCUT2D eigenvalue weighted by atomic mass is 10.1. The highest BCUT2D eigenvalue weighted by molar-refractivity contribution is 7.62. The third kappa shape index (κ3) is 5.53. The van der Waals surface area contributed by atoms with E-state index in [1.165, 1.54) is 20.3 Å². The summed E-state index contributed by atoms with van der Waals surface area (Å²) in [6, 6.07) is 0.657. The van der Waals surface area contributed by atoms with Crippen LogP contribution in [0.25, 0.3) is 5.76 Å². The Labute approximate surface area is 137 Å². The molecule has 0 radical (unpaired) electrons. The van der Waals surface area contributed by atoms with Crippen molar-refractivity contribution >= 4 is 25.1 Å². The lowest BCUT2D eigenvalue weighted by Gasteiger charge is -2.09. The van der Waals surface area contributed by atoms with Gasteiger partial charge in [0, 0.05) is 12.3 Å². The molecule has 1 aromatic rings. The van der Waals surface area contributed by atoms with E-state index in [9.17, 15) is 27.6 Å². The normalized spacial score (nSPS) is 13.1. The summed E-state index contributed by atoms with van der Waals surface area (Å²) in [5, 5.41) is 10.1. The molecule has 0 aliphatic rings. The van der Waals surface area contributed by atoms with Crippen molar-refractivity contribution in [3.05, 3.63) is 40.7 Å². The molecule has 0 aliphatic carbocycles. The molecule has 0 saturated carbocycles. The molecule has 0 aliphatic heterocycles. The summed E-state index contributed by atoms with van der Waals surface area (Å²) >= 11 is 0. The third-order valence-corrected chi connectivity index (χ3v) is 3.50.